The smallest absolute Gasteiger partial charge is 0.347 e. The first-order valence-electron chi connectivity index (χ1n) is 6.99. The molecule has 0 saturated carbocycles. The van der Waals surface area contributed by atoms with Gasteiger partial charge in [0.1, 0.15) is 11.3 Å². The Balaban J connectivity index is 2.29. The molecule has 0 saturated heterocycles. The van der Waals surface area contributed by atoms with Crippen LogP contribution in [0, 0.1) is 0 Å². The molecular formula is C17H17NO5. The van der Waals surface area contributed by atoms with Crippen LogP contribution < -0.4 is 14.2 Å². The van der Waals surface area contributed by atoms with E-state index in [1.165, 1.54) is 13.3 Å². The lowest BCUT2D eigenvalue weighted by Gasteiger charge is -2.12. The Bertz CT molecular complexity index is 712. The number of hydrogen-bond donors (Lipinski definition) is 1. The number of nitrogens with zero attached hydrogens (tertiary/aromatic N) is 1. The van der Waals surface area contributed by atoms with Crippen LogP contribution in [0.2, 0.25) is 0 Å². The van der Waals surface area contributed by atoms with Crippen LogP contribution in [0.4, 0.5) is 0 Å². The van der Waals surface area contributed by atoms with Gasteiger partial charge in [-0.25, -0.2) is 4.79 Å². The van der Waals surface area contributed by atoms with Crippen LogP contribution in [-0.2, 0) is 0 Å². The summed E-state index contributed by atoms with van der Waals surface area (Å²) in [7, 11) is 1.49. The molecule has 0 spiro atoms. The Morgan fingerprint density at radius 3 is 2.65 bits per heavy atom. The second-order valence-corrected chi connectivity index (χ2v) is 4.47. The normalized spacial score (nSPS) is 10.5. The molecule has 0 radical (unpaired) electrons. The fraction of sp³-hybridized carbons (Fsp3) is 0.176. The SMILES string of the molecule is CCOc1cc(/C=N/O)ccc1OC(=O)c1ccccc1OC. The molecule has 2 aromatic rings. The minimum Gasteiger partial charge on any atom is -0.496 e. The highest BCUT2D eigenvalue weighted by Crippen LogP contribution is 2.30. The lowest BCUT2D eigenvalue weighted by Crippen LogP contribution is -2.11. The van der Waals surface area contributed by atoms with Crippen LogP contribution in [0.5, 0.6) is 17.2 Å². The fourth-order valence-electron chi connectivity index (χ4n) is 1.99. The van der Waals surface area contributed by atoms with Crippen molar-refractivity contribution in [2.45, 2.75) is 6.92 Å². The third-order valence-corrected chi connectivity index (χ3v) is 3.00. The Hall–Kier alpha value is -3.02. The first-order valence-corrected chi connectivity index (χ1v) is 6.99. The minimum atomic E-state index is -0.549. The molecule has 6 nitrogen and oxygen atoms in total. The highest BCUT2D eigenvalue weighted by atomic mass is 16.6. The van der Waals surface area contributed by atoms with Crippen molar-refractivity contribution in [3.05, 3.63) is 53.6 Å². The van der Waals surface area contributed by atoms with E-state index in [9.17, 15) is 4.79 Å². The molecule has 0 aliphatic rings. The summed E-state index contributed by atoms with van der Waals surface area (Å²) in [5.74, 6) is 0.539. The number of carbonyl (C=O) groups excluding carboxylic acids is 1. The van der Waals surface area contributed by atoms with Crippen LogP contribution in [-0.4, -0.2) is 31.1 Å². The van der Waals surface area contributed by atoms with Crippen LogP contribution in [0.25, 0.3) is 0 Å². The maximum Gasteiger partial charge on any atom is 0.347 e. The van der Waals surface area contributed by atoms with Crippen molar-refractivity contribution in [3.63, 3.8) is 0 Å². The van der Waals surface area contributed by atoms with Crippen LogP contribution >= 0.6 is 0 Å². The largest absolute Gasteiger partial charge is 0.496 e. The molecule has 0 aromatic heterocycles. The number of para-hydroxylation sites is 1. The van der Waals surface area contributed by atoms with Gasteiger partial charge < -0.3 is 19.4 Å². The van der Waals surface area contributed by atoms with Gasteiger partial charge in [0.2, 0.25) is 0 Å². The lowest BCUT2D eigenvalue weighted by atomic mass is 10.2. The molecule has 0 aliphatic heterocycles. The Labute approximate surface area is 133 Å². The van der Waals surface area contributed by atoms with E-state index in [2.05, 4.69) is 5.16 Å². The van der Waals surface area contributed by atoms with Gasteiger partial charge in [0.05, 0.1) is 19.9 Å². The van der Waals surface area contributed by atoms with Crippen molar-refractivity contribution in [2.24, 2.45) is 5.16 Å². The maximum atomic E-state index is 12.3. The van der Waals surface area contributed by atoms with E-state index in [0.717, 1.165) is 0 Å². The first kappa shape index (κ1) is 16.4. The second kappa shape index (κ2) is 7.84. The van der Waals surface area contributed by atoms with Crippen molar-refractivity contribution < 1.29 is 24.2 Å². The van der Waals surface area contributed by atoms with E-state index in [0.29, 0.717) is 29.2 Å². The topological polar surface area (TPSA) is 77.4 Å². The summed E-state index contributed by atoms with van der Waals surface area (Å²) in [5.41, 5.74) is 0.937. The van der Waals surface area contributed by atoms with Crippen molar-refractivity contribution in [1.29, 1.82) is 0 Å². The highest BCUT2D eigenvalue weighted by molar-refractivity contribution is 5.94. The van der Waals surface area contributed by atoms with E-state index in [-0.39, 0.29) is 5.75 Å². The summed E-state index contributed by atoms with van der Waals surface area (Å²) in [6.45, 7) is 2.22. The molecule has 0 aliphatic carbocycles. The van der Waals surface area contributed by atoms with Crippen molar-refractivity contribution in [3.8, 4) is 17.2 Å². The summed E-state index contributed by atoms with van der Waals surface area (Å²) in [6, 6.07) is 11.6. The van der Waals surface area contributed by atoms with Gasteiger partial charge in [-0.3, -0.25) is 0 Å². The standard InChI is InChI=1S/C17H17NO5/c1-3-22-16-10-12(11-18-20)8-9-15(16)23-17(19)13-6-4-5-7-14(13)21-2/h4-11,20H,3H2,1-2H3/b18-11+. The lowest BCUT2D eigenvalue weighted by molar-refractivity contribution is 0.0725. The van der Waals surface area contributed by atoms with Crippen LogP contribution in [0.3, 0.4) is 0 Å². The molecule has 6 heteroatoms. The Morgan fingerprint density at radius 2 is 1.96 bits per heavy atom. The van der Waals surface area contributed by atoms with Crippen molar-refractivity contribution in [1.82, 2.24) is 0 Å². The van der Waals surface area contributed by atoms with Crippen LogP contribution in [0.15, 0.2) is 47.6 Å². The van der Waals surface area contributed by atoms with Gasteiger partial charge in [0.25, 0.3) is 0 Å². The third kappa shape index (κ3) is 4.00. The number of hydrogen-bond acceptors (Lipinski definition) is 6. The van der Waals surface area contributed by atoms with Gasteiger partial charge in [-0.15, -0.1) is 0 Å². The van der Waals surface area contributed by atoms with E-state index in [1.54, 1.807) is 42.5 Å². The first-order chi connectivity index (χ1) is 11.2. The predicted octanol–water partition coefficient (Wildman–Crippen LogP) is 3.12. The van der Waals surface area contributed by atoms with Crippen molar-refractivity contribution >= 4 is 12.2 Å². The molecule has 2 aromatic carbocycles. The summed E-state index contributed by atoms with van der Waals surface area (Å²) in [4.78, 5) is 12.3. The van der Waals surface area contributed by atoms with E-state index < -0.39 is 5.97 Å². The number of oxime groups is 1. The Kier molecular flexibility index (Phi) is 5.57. The molecule has 0 atom stereocenters. The summed E-state index contributed by atoms with van der Waals surface area (Å²) < 4.78 is 16.0. The molecule has 0 heterocycles. The predicted molar refractivity (Wildman–Crippen MR) is 84.9 cm³/mol. The third-order valence-electron chi connectivity index (χ3n) is 3.00. The fourth-order valence-corrected chi connectivity index (χ4v) is 1.99. The van der Waals surface area contributed by atoms with Gasteiger partial charge in [0, 0.05) is 5.56 Å². The molecular weight excluding hydrogens is 298 g/mol. The molecule has 0 unspecified atom stereocenters. The zero-order valence-electron chi connectivity index (χ0n) is 12.9. The Morgan fingerprint density at radius 1 is 1.17 bits per heavy atom. The number of carbonyl (C=O) groups is 1. The van der Waals surface area contributed by atoms with E-state index in [1.807, 2.05) is 6.92 Å². The molecule has 0 fully saturated rings. The zero-order chi connectivity index (χ0) is 16.7. The summed E-state index contributed by atoms with van der Waals surface area (Å²) in [5, 5.41) is 11.6. The number of rotatable bonds is 6. The average molecular weight is 315 g/mol. The molecule has 0 bridgehead atoms. The summed E-state index contributed by atoms with van der Waals surface area (Å²) >= 11 is 0. The van der Waals surface area contributed by atoms with Gasteiger partial charge in [0.15, 0.2) is 11.5 Å². The van der Waals surface area contributed by atoms with Gasteiger partial charge in [-0.05, 0) is 37.3 Å². The van der Waals surface area contributed by atoms with E-state index >= 15 is 0 Å². The number of esters is 1. The quantitative estimate of drug-likeness (QED) is 0.291. The maximum absolute atomic E-state index is 12.3. The number of ether oxygens (including phenoxy) is 3. The van der Waals surface area contributed by atoms with Gasteiger partial charge in [-0.1, -0.05) is 17.3 Å². The van der Waals surface area contributed by atoms with Gasteiger partial charge >= 0.3 is 5.97 Å². The zero-order valence-corrected chi connectivity index (χ0v) is 12.9. The number of benzene rings is 2. The molecule has 120 valence electrons. The molecule has 1 N–H and O–H groups in total. The monoisotopic (exact) mass is 315 g/mol. The average Bonchev–Trinajstić information content (AvgIpc) is 2.57. The van der Waals surface area contributed by atoms with Gasteiger partial charge in [-0.2, -0.15) is 0 Å². The minimum absolute atomic E-state index is 0.276. The van der Waals surface area contributed by atoms with E-state index in [4.69, 9.17) is 19.4 Å². The highest BCUT2D eigenvalue weighted by Gasteiger charge is 2.16. The second-order valence-electron chi connectivity index (χ2n) is 4.47. The molecule has 0 amide bonds. The molecule has 23 heavy (non-hydrogen) atoms. The summed E-state index contributed by atoms with van der Waals surface area (Å²) in [6.07, 6.45) is 1.26. The molecule has 2 rings (SSSR count). The number of methoxy groups -OCH3 is 1. The van der Waals surface area contributed by atoms with Crippen LogP contribution in [0.1, 0.15) is 22.8 Å². The van der Waals surface area contributed by atoms with Crippen molar-refractivity contribution in [2.75, 3.05) is 13.7 Å².